The van der Waals surface area contributed by atoms with Gasteiger partial charge in [-0.15, -0.1) is 15.2 Å². The molecule has 0 N–H and O–H groups in total. The molecule has 0 radical (unpaired) electrons. The monoisotopic (exact) mass is 546 g/mol. The molecule has 39 heavy (non-hydrogen) atoms. The van der Waals surface area contributed by atoms with Crippen LogP contribution in [0.5, 0.6) is 0 Å². The van der Waals surface area contributed by atoms with Gasteiger partial charge in [0.25, 0.3) is 0 Å². The van der Waals surface area contributed by atoms with E-state index in [9.17, 15) is 28.8 Å². The molecule has 2 heterocycles. The first-order valence-corrected chi connectivity index (χ1v) is 11.0. The fourth-order valence-electron chi connectivity index (χ4n) is 2.89. The zero-order valence-corrected chi connectivity index (χ0v) is 21.3. The lowest BCUT2D eigenvalue weighted by Gasteiger charge is -2.41. The lowest BCUT2D eigenvalue weighted by atomic mass is 10.4. The lowest BCUT2D eigenvalue weighted by Crippen LogP contribution is -2.58. The minimum absolute atomic E-state index is 0.0404. The maximum Gasteiger partial charge on any atom is 0.349 e. The van der Waals surface area contributed by atoms with Gasteiger partial charge in [-0.2, -0.15) is 0 Å². The van der Waals surface area contributed by atoms with Crippen molar-refractivity contribution in [2.75, 3.05) is 40.0 Å². The third kappa shape index (κ3) is 10.6. The summed E-state index contributed by atoms with van der Waals surface area (Å²) in [5, 5.41) is 3.33. The molecule has 0 atom stereocenters. The van der Waals surface area contributed by atoms with Crippen molar-refractivity contribution in [1.29, 1.82) is 0 Å². The highest BCUT2D eigenvalue weighted by molar-refractivity contribution is 5.92. The van der Waals surface area contributed by atoms with Crippen molar-refractivity contribution in [3.8, 4) is 0 Å². The summed E-state index contributed by atoms with van der Waals surface area (Å²) in [5.41, 5.74) is 0. The largest absolute Gasteiger partial charge is 0.361 e. The zero-order valence-electron chi connectivity index (χ0n) is 21.3. The van der Waals surface area contributed by atoms with E-state index in [1.54, 1.807) is 0 Å². The van der Waals surface area contributed by atoms with E-state index in [1.165, 1.54) is 14.7 Å². The highest BCUT2D eigenvalue weighted by Gasteiger charge is 2.31. The molecule has 0 bridgehead atoms. The minimum atomic E-state index is -0.707. The van der Waals surface area contributed by atoms with E-state index in [4.69, 9.17) is 14.5 Å². The number of carbonyl (C=O) groups is 6. The number of nitrogens with zero attached hydrogens (tertiary/aromatic N) is 6. The van der Waals surface area contributed by atoms with Crippen molar-refractivity contribution < 1.29 is 43.3 Å². The van der Waals surface area contributed by atoms with Gasteiger partial charge in [0, 0.05) is 18.2 Å². The molecule has 0 aromatic rings. The van der Waals surface area contributed by atoms with Gasteiger partial charge in [0.15, 0.2) is 0 Å². The third-order valence-corrected chi connectivity index (χ3v) is 4.59. The summed E-state index contributed by atoms with van der Waals surface area (Å²) in [6.07, 6.45) is 6.31. The molecule has 0 aromatic carbocycles. The topological polar surface area (TPSA) is 150 Å². The summed E-state index contributed by atoms with van der Waals surface area (Å²) in [5.74, 6) is -3.17. The molecule has 2 fully saturated rings. The van der Waals surface area contributed by atoms with E-state index in [0.717, 1.165) is 51.6 Å². The molecule has 0 spiro atoms. The number of rotatable bonds is 9. The molecule has 2 aliphatic rings. The Morgan fingerprint density at radius 2 is 0.641 bits per heavy atom. The van der Waals surface area contributed by atoms with Crippen LogP contribution >= 0.6 is 0 Å². The van der Waals surface area contributed by atoms with Gasteiger partial charge in [-0.3, -0.25) is 14.4 Å². The van der Waals surface area contributed by atoms with E-state index in [-0.39, 0.29) is 57.7 Å². The van der Waals surface area contributed by atoms with Crippen LogP contribution in [0, 0.1) is 0 Å². The van der Waals surface area contributed by atoms with Crippen LogP contribution < -0.4 is 0 Å². The summed E-state index contributed by atoms with van der Waals surface area (Å²) in [4.78, 5) is 86.9. The molecule has 210 valence electrons. The molecule has 2 saturated heterocycles. The van der Waals surface area contributed by atoms with Crippen molar-refractivity contribution in [1.82, 2.24) is 29.9 Å². The van der Waals surface area contributed by atoms with E-state index in [0.29, 0.717) is 0 Å². The smallest absolute Gasteiger partial charge is 0.349 e. The first kappa shape index (κ1) is 32.2. The second-order valence-electron chi connectivity index (χ2n) is 7.38. The third-order valence-electron chi connectivity index (χ3n) is 4.59. The van der Waals surface area contributed by atoms with Gasteiger partial charge in [-0.1, -0.05) is 39.5 Å². The Morgan fingerprint density at radius 1 is 0.410 bits per heavy atom. The summed E-state index contributed by atoms with van der Waals surface area (Å²) >= 11 is 0. The van der Waals surface area contributed by atoms with Crippen LogP contribution in [0.4, 0.5) is 0 Å². The molecular formula is C24H30N6O9. The average molecular weight is 547 g/mol. The summed E-state index contributed by atoms with van der Waals surface area (Å²) in [6, 6.07) is 0. The Labute approximate surface area is 225 Å². The standard InChI is InChI=1S/C12H15N3O6.C12H15N3O3/c1-4-10(16)19-13-7-14(20-11(17)5-2)9-15(8-13)21-12(18)6-3;1-4-10(16)13-7-14(11(17)5-2)9-15(8-13)12(18)6-3/h4-6H,1-3,7-9H2;4-6H,1-3,7-9H2. The van der Waals surface area contributed by atoms with Gasteiger partial charge in [0.2, 0.25) is 17.7 Å². The van der Waals surface area contributed by atoms with Gasteiger partial charge in [0.05, 0.1) is 20.0 Å². The van der Waals surface area contributed by atoms with Crippen molar-refractivity contribution >= 4 is 35.6 Å². The van der Waals surface area contributed by atoms with E-state index in [2.05, 4.69) is 39.5 Å². The second kappa shape index (κ2) is 16.1. The van der Waals surface area contributed by atoms with Crippen LogP contribution in [0.15, 0.2) is 75.9 Å². The van der Waals surface area contributed by atoms with Crippen LogP contribution in [0.1, 0.15) is 0 Å². The lowest BCUT2D eigenvalue weighted by molar-refractivity contribution is -0.332. The Kier molecular flexibility index (Phi) is 13.3. The molecular weight excluding hydrogens is 516 g/mol. The van der Waals surface area contributed by atoms with Crippen LogP contribution in [0.3, 0.4) is 0 Å². The predicted molar refractivity (Wildman–Crippen MR) is 135 cm³/mol. The molecule has 0 saturated carbocycles. The molecule has 2 rings (SSSR count). The predicted octanol–water partition coefficient (Wildman–Crippen LogP) is -0.373. The van der Waals surface area contributed by atoms with Crippen molar-refractivity contribution in [2.24, 2.45) is 0 Å². The van der Waals surface area contributed by atoms with Crippen molar-refractivity contribution in [3.63, 3.8) is 0 Å². The first-order valence-electron chi connectivity index (χ1n) is 11.0. The first-order chi connectivity index (χ1) is 18.5. The maximum atomic E-state index is 11.6. The Hall–Kier alpha value is -4.86. The average Bonchev–Trinajstić information content (AvgIpc) is 2.95. The number of carbonyl (C=O) groups excluding carboxylic acids is 6. The van der Waals surface area contributed by atoms with Gasteiger partial charge in [-0.25, -0.2) is 14.4 Å². The van der Waals surface area contributed by atoms with Crippen molar-refractivity contribution in [2.45, 2.75) is 0 Å². The van der Waals surface area contributed by atoms with Gasteiger partial charge in [0.1, 0.15) is 20.0 Å². The number of hydrogen-bond acceptors (Lipinski definition) is 12. The van der Waals surface area contributed by atoms with Crippen LogP contribution in [0.2, 0.25) is 0 Å². The maximum absolute atomic E-state index is 11.6. The Morgan fingerprint density at radius 3 is 0.821 bits per heavy atom. The van der Waals surface area contributed by atoms with Crippen molar-refractivity contribution in [3.05, 3.63) is 75.9 Å². The summed E-state index contributed by atoms with van der Waals surface area (Å²) in [6.45, 7) is 20.1. The van der Waals surface area contributed by atoms with Gasteiger partial charge < -0.3 is 29.2 Å². The molecule has 15 heteroatoms. The van der Waals surface area contributed by atoms with Crippen LogP contribution in [0.25, 0.3) is 0 Å². The summed E-state index contributed by atoms with van der Waals surface area (Å²) in [7, 11) is 0. The number of hydroxylamine groups is 6. The van der Waals surface area contributed by atoms with Crippen LogP contribution in [-0.2, 0) is 43.3 Å². The molecule has 15 nitrogen and oxygen atoms in total. The molecule has 3 amide bonds. The Bertz CT molecular complexity index is 903. The summed E-state index contributed by atoms with van der Waals surface area (Å²) < 4.78 is 0. The zero-order chi connectivity index (χ0) is 29.5. The quantitative estimate of drug-likeness (QED) is 0.347. The van der Waals surface area contributed by atoms with E-state index < -0.39 is 17.9 Å². The fraction of sp³-hybridized carbons (Fsp3) is 0.250. The molecule has 2 aliphatic heterocycles. The van der Waals surface area contributed by atoms with Gasteiger partial charge >= 0.3 is 17.9 Å². The normalized spacial score (nSPS) is 15.8. The second-order valence-corrected chi connectivity index (χ2v) is 7.38. The molecule has 0 unspecified atom stereocenters. The number of amides is 3. The Balaban J connectivity index is 0.000000395. The minimum Gasteiger partial charge on any atom is -0.361 e. The highest BCUT2D eigenvalue weighted by atomic mass is 16.8. The fourth-order valence-corrected chi connectivity index (χ4v) is 2.89. The van der Waals surface area contributed by atoms with E-state index in [1.807, 2.05) is 0 Å². The highest BCUT2D eigenvalue weighted by Crippen LogP contribution is 2.11. The van der Waals surface area contributed by atoms with Crippen LogP contribution in [-0.4, -0.2) is 106 Å². The molecule has 0 aliphatic carbocycles. The molecule has 0 aromatic heterocycles. The number of hydrogen-bond donors (Lipinski definition) is 0. The van der Waals surface area contributed by atoms with Gasteiger partial charge in [-0.05, 0) is 18.2 Å². The SMILES string of the molecule is C=CC(=O)N1CN(C(=O)C=C)CN(C(=O)C=C)C1.C=CC(=O)ON1CN(OC(=O)C=C)CN(OC(=O)C=C)C1. The van der Waals surface area contributed by atoms with E-state index >= 15 is 0 Å².